The molecule has 1 aromatic rings. The lowest BCUT2D eigenvalue weighted by Crippen LogP contribution is -2.27. The highest BCUT2D eigenvalue weighted by atomic mass is 15.1. The van der Waals surface area contributed by atoms with E-state index in [0.29, 0.717) is 6.04 Å². The summed E-state index contributed by atoms with van der Waals surface area (Å²) >= 11 is 0. The number of hydrogen-bond acceptors (Lipinski definition) is 2. The second-order valence-corrected chi connectivity index (χ2v) is 5.22. The molecule has 0 bridgehead atoms. The summed E-state index contributed by atoms with van der Waals surface area (Å²) in [7, 11) is 2.19. The van der Waals surface area contributed by atoms with Crippen molar-refractivity contribution in [3.63, 3.8) is 0 Å². The molecule has 0 fully saturated rings. The molecule has 102 valence electrons. The number of hydrogen-bond donors (Lipinski definition) is 1. The first-order chi connectivity index (χ1) is 8.56. The Kier molecular flexibility index (Phi) is 6.37. The predicted molar refractivity (Wildman–Crippen MR) is 80.1 cm³/mol. The second-order valence-electron chi connectivity index (χ2n) is 5.22. The van der Waals surface area contributed by atoms with Crippen LogP contribution in [0.3, 0.4) is 0 Å². The minimum atomic E-state index is 0.475. The molecule has 1 N–H and O–H groups in total. The van der Waals surface area contributed by atoms with Crippen molar-refractivity contribution in [3.8, 4) is 0 Å². The maximum Gasteiger partial charge on any atom is 0.0332 e. The molecule has 18 heavy (non-hydrogen) atoms. The molecule has 0 spiro atoms. The Hall–Kier alpha value is -0.860. The van der Waals surface area contributed by atoms with Crippen LogP contribution < -0.4 is 5.32 Å². The van der Waals surface area contributed by atoms with Crippen molar-refractivity contribution in [1.82, 2.24) is 10.2 Å². The van der Waals surface area contributed by atoms with E-state index in [4.69, 9.17) is 0 Å². The van der Waals surface area contributed by atoms with Crippen molar-refractivity contribution < 1.29 is 0 Å². The van der Waals surface area contributed by atoms with E-state index >= 15 is 0 Å². The minimum absolute atomic E-state index is 0.475. The Morgan fingerprint density at radius 3 is 2.22 bits per heavy atom. The normalized spacial score (nSPS) is 13.0. The van der Waals surface area contributed by atoms with Crippen LogP contribution in [0.25, 0.3) is 0 Å². The zero-order valence-electron chi connectivity index (χ0n) is 12.6. The van der Waals surface area contributed by atoms with Gasteiger partial charge in [0.15, 0.2) is 0 Å². The summed E-state index contributed by atoms with van der Waals surface area (Å²) in [6, 6.07) is 7.34. The molecule has 0 aliphatic carbocycles. The van der Waals surface area contributed by atoms with E-state index in [2.05, 4.69) is 63.2 Å². The molecule has 0 saturated heterocycles. The van der Waals surface area contributed by atoms with Crippen molar-refractivity contribution in [2.45, 2.75) is 40.2 Å². The lowest BCUT2D eigenvalue weighted by atomic mass is 9.99. The van der Waals surface area contributed by atoms with Gasteiger partial charge in [0.2, 0.25) is 0 Å². The van der Waals surface area contributed by atoms with Crippen LogP contribution in [0.15, 0.2) is 18.2 Å². The second kappa shape index (κ2) is 7.55. The third-order valence-corrected chi connectivity index (χ3v) is 3.44. The van der Waals surface area contributed by atoms with Gasteiger partial charge in [0, 0.05) is 6.04 Å². The molecule has 2 nitrogen and oxygen atoms in total. The Morgan fingerprint density at radius 1 is 1.11 bits per heavy atom. The SMILES string of the molecule is CCNC(CCN(C)CC)c1cc(C)cc(C)c1. The molecular weight excluding hydrogens is 220 g/mol. The maximum absolute atomic E-state index is 3.61. The van der Waals surface area contributed by atoms with Gasteiger partial charge in [-0.25, -0.2) is 0 Å². The standard InChI is InChI=1S/C16H28N2/c1-6-17-16(8-9-18(5)7-2)15-11-13(3)10-14(4)12-15/h10-12,16-17H,6-9H2,1-5H3. The molecule has 1 aromatic carbocycles. The van der Waals surface area contributed by atoms with Crippen LogP contribution >= 0.6 is 0 Å². The minimum Gasteiger partial charge on any atom is -0.310 e. The summed E-state index contributed by atoms with van der Waals surface area (Å²) in [5.74, 6) is 0. The average Bonchev–Trinajstić information content (AvgIpc) is 2.32. The Bertz CT molecular complexity index is 340. The van der Waals surface area contributed by atoms with Crippen LogP contribution in [-0.2, 0) is 0 Å². The maximum atomic E-state index is 3.61. The predicted octanol–water partition coefficient (Wildman–Crippen LogP) is 3.30. The summed E-state index contributed by atoms with van der Waals surface area (Å²) in [5, 5.41) is 3.61. The number of nitrogens with one attached hydrogen (secondary N) is 1. The van der Waals surface area contributed by atoms with Crippen molar-refractivity contribution in [3.05, 3.63) is 34.9 Å². The van der Waals surface area contributed by atoms with Crippen molar-refractivity contribution in [1.29, 1.82) is 0 Å². The molecule has 0 saturated carbocycles. The quantitative estimate of drug-likeness (QED) is 0.796. The largest absolute Gasteiger partial charge is 0.310 e. The summed E-state index contributed by atoms with van der Waals surface area (Å²) in [5.41, 5.74) is 4.15. The van der Waals surface area contributed by atoms with Crippen LogP contribution in [0, 0.1) is 13.8 Å². The van der Waals surface area contributed by atoms with Gasteiger partial charge < -0.3 is 10.2 Å². The van der Waals surface area contributed by atoms with Gasteiger partial charge in [-0.2, -0.15) is 0 Å². The van der Waals surface area contributed by atoms with Gasteiger partial charge in [0.05, 0.1) is 0 Å². The molecule has 1 atom stereocenters. The van der Waals surface area contributed by atoms with Gasteiger partial charge in [-0.1, -0.05) is 43.2 Å². The molecule has 2 heteroatoms. The van der Waals surface area contributed by atoms with E-state index in [1.54, 1.807) is 0 Å². The molecular formula is C16H28N2. The van der Waals surface area contributed by atoms with Crippen LogP contribution in [-0.4, -0.2) is 31.6 Å². The molecule has 1 rings (SSSR count). The molecule has 0 radical (unpaired) electrons. The van der Waals surface area contributed by atoms with Gasteiger partial charge >= 0.3 is 0 Å². The smallest absolute Gasteiger partial charge is 0.0332 e. The molecule has 1 unspecified atom stereocenters. The number of nitrogens with zero attached hydrogens (tertiary/aromatic N) is 1. The average molecular weight is 248 g/mol. The van der Waals surface area contributed by atoms with Gasteiger partial charge in [0.1, 0.15) is 0 Å². The lowest BCUT2D eigenvalue weighted by Gasteiger charge is -2.22. The highest BCUT2D eigenvalue weighted by molar-refractivity contribution is 5.30. The Morgan fingerprint density at radius 2 is 1.72 bits per heavy atom. The first-order valence-electron chi connectivity index (χ1n) is 7.07. The van der Waals surface area contributed by atoms with Gasteiger partial charge in [-0.15, -0.1) is 0 Å². The van der Waals surface area contributed by atoms with Gasteiger partial charge in [-0.3, -0.25) is 0 Å². The van der Waals surface area contributed by atoms with Crippen molar-refractivity contribution >= 4 is 0 Å². The third kappa shape index (κ3) is 4.79. The van der Waals surface area contributed by atoms with E-state index < -0.39 is 0 Å². The number of aryl methyl sites for hydroxylation is 2. The first kappa shape index (κ1) is 15.2. The van der Waals surface area contributed by atoms with E-state index in [1.807, 2.05) is 0 Å². The van der Waals surface area contributed by atoms with Crippen LogP contribution in [0.4, 0.5) is 0 Å². The Labute approximate surface area is 112 Å². The lowest BCUT2D eigenvalue weighted by molar-refractivity contribution is 0.322. The van der Waals surface area contributed by atoms with Crippen LogP contribution in [0.1, 0.15) is 43.0 Å². The molecule has 0 aliphatic heterocycles. The van der Waals surface area contributed by atoms with E-state index in [1.165, 1.54) is 23.1 Å². The van der Waals surface area contributed by atoms with Crippen LogP contribution in [0.5, 0.6) is 0 Å². The summed E-state index contributed by atoms with van der Waals surface area (Å²) in [6.45, 7) is 12.0. The third-order valence-electron chi connectivity index (χ3n) is 3.44. The molecule has 0 aromatic heterocycles. The zero-order valence-corrected chi connectivity index (χ0v) is 12.6. The van der Waals surface area contributed by atoms with E-state index in [0.717, 1.165) is 19.6 Å². The molecule has 0 aliphatic rings. The zero-order chi connectivity index (χ0) is 13.5. The van der Waals surface area contributed by atoms with E-state index in [-0.39, 0.29) is 0 Å². The van der Waals surface area contributed by atoms with Crippen molar-refractivity contribution in [2.75, 3.05) is 26.7 Å². The highest BCUT2D eigenvalue weighted by Gasteiger charge is 2.11. The van der Waals surface area contributed by atoms with Crippen LogP contribution in [0.2, 0.25) is 0 Å². The van der Waals surface area contributed by atoms with E-state index in [9.17, 15) is 0 Å². The summed E-state index contributed by atoms with van der Waals surface area (Å²) in [6.07, 6.45) is 1.17. The van der Waals surface area contributed by atoms with Gasteiger partial charge in [-0.05, 0) is 52.5 Å². The van der Waals surface area contributed by atoms with Crippen molar-refractivity contribution in [2.24, 2.45) is 0 Å². The summed E-state index contributed by atoms with van der Waals surface area (Å²) in [4.78, 5) is 2.37. The van der Waals surface area contributed by atoms with Gasteiger partial charge in [0.25, 0.3) is 0 Å². The fourth-order valence-corrected chi connectivity index (χ4v) is 2.35. The molecule has 0 amide bonds. The fourth-order valence-electron chi connectivity index (χ4n) is 2.35. The fraction of sp³-hybridized carbons (Fsp3) is 0.625. The topological polar surface area (TPSA) is 15.3 Å². The number of rotatable bonds is 7. The highest BCUT2D eigenvalue weighted by Crippen LogP contribution is 2.20. The summed E-state index contributed by atoms with van der Waals surface area (Å²) < 4.78 is 0. The monoisotopic (exact) mass is 248 g/mol. The first-order valence-corrected chi connectivity index (χ1v) is 7.07. The Balaban J connectivity index is 2.76. The molecule has 0 heterocycles. The number of benzene rings is 1.